The third kappa shape index (κ3) is 2.53. The van der Waals surface area contributed by atoms with Crippen molar-refractivity contribution in [2.24, 2.45) is 0 Å². The molecule has 0 bridgehead atoms. The fourth-order valence-electron chi connectivity index (χ4n) is 3.90. The Hall–Kier alpha value is -2.88. The maximum Gasteiger partial charge on any atom is 0.261 e. The predicted molar refractivity (Wildman–Crippen MR) is 105 cm³/mol. The summed E-state index contributed by atoms with van der Waals surface area (Å²) in [4.78, 5) is 25.9. The molecule has 4 heteroatoms. The molecule has 132 valence electrons. The highest BCUT2D eigenvalue weighted by Gasteiger charge is 2.21. The van der Waals surface area contributed by atoms with E-state index < -0.39 is 0 Å². The summed E-state index contributed by atoms with van der Waals surface area (Å²) in [7, 11) is 0. The molecular formula is C22H22N2O2. The largest absolute Gasteiger partial charge is 0.346 e. The Balaban J connectivity index is 1.80. The van der Waals surface area contributed by atoms with E-state index in [1.807, 2.05) is 34.9 Å². The van der Waals surface area contributed by atoms with Crippen LogP contribution in [0, 0.1) is 0 Å². The lowest BCUT2D eigenvalue weighted by atomic mass is 10.0. The predicted octanol–water partition coefficient (Wildman–Crippen LogP) is 3.93. The number of hydrogen-bond acceptors (Lipinski definition) is 2. The van der Waals surface area contributed by atoms with E-state index in [1.54, 1.807) is 6.20 Å². The SMILES string of the molecule is CCc1cccc(CC)c1NC(=O)c1cn2c3c(cccc3c1=O)CC2. The summed E-state index contributed by atoms with van der Waals surface area (Å²) in [5.41, 5.74) is 5.19. The fraction of sp³-hybridized carbons (Fsp3) is 0.273. The van der Waals surface area contributed by atoms with Gasteiger partial charge in [-0.1, -0.05) is 44.2 Å². The molecule has 26 heavy (non-hydrogen) atoms. The number of para-hydroxylation sites is 2. The third-order valence-electron chi connectivity index (χ3n) is 5.29. The molecule has 4 rings (SSSR count). The van der Waals surface area contributed by atoms with Gasteiger partial charge in [-0.25, -0.2) is 0 Å². The molecule has 1 amide bonds. The van der Waals surface area contributed by atoms with Crippen molar-refractivity contribution >= 4 is 22.5 Å². The lowest BCUT2D eigenvalue weighted by molar-refractivity contribution is 0.102. The number of pyridine rings is 1. The molecule has 3 aromatic rings. The summed E-state index contributed by atoms with van der Waals surface area (Å²) < 4.78 is 2.04. The molecular weight excluding hydrogens is 324 g/mol. The topological polar surface area (TPSA) is 51.1 Å². The molecule has 0 saturated heterocycles. The number of aromatic nitrogens is 1. The van der Waals surface area contributed by atoms with Crippen molar-refractivity contribution in [3.8, 4) is 0 Å². The van der Waals surface area contributed by atoms with Gasteiger partial charge in [0, 0.05) is 23.8 Å². The summed E-state index contributed by atoms with van der Waals surface area (Å²) in [6, 6.07) is 11.8. The zero-order valence-corrected chi connectivity index (χ0v) is 15.1. The van der Waals surface area contributed by atoms with E-state index in [0.717, 1.165) is 48.1 Å². The van der Waals surface area contributed by atoms with Gasteiger partial charge in [0.25, 0.3) is 5.91 Å². The van der Waals surface area contributed by atoms with Crippen LogP contribution in [0.3, 0.4) is 0 Å². The van der Waals surface area contributed by atoms with Gasteiger partial charge in [0.1, 0.15) is 5.56 Å². The van der Waals surface area contributed by atoms with Crippen molar-refractivity contribution in [2.75, 3.05) is 5.32 Å². The summed E-state index contributed by atoms with van der Waals surface area (Å²) in [5.74, 6) is -0.325. The number of carbonyl (C=O) groups is 1. The zero-order chi connectivity index (χ0) is 18.3. The number of benzene rings is 2. The highest BCUT2D eigenvalue weighted by molar-refractivity contribution is 6.06. The molecule has 1 aromatic heterocycles. The van der Waals surface area contributed by atoms with E-state index in [9.17, 15) is 9.59 Å². The Kier molecular flexibility index (Phi) is 4.11. The van der Waals surface area contributed by atoms with Gasteiger partial charge in [-0.05, 0) is 42.0 Å². The van der Waals surface area contributed by atoms with Gasteiger partial charge >= 0.3 is 0 Å². The van der Waals surface area contributed by atoms with E-state index in [2.05, 4.69) is 25.2 Å². The van der Waals surface area contributed by atoms with Crippen molar-refractivity contribution in [1.82, 2.24) is 4.57 Å². The minimum atomic E-state index is -0.325. The molecule has 0 atom stereocenters. The number of amides is 1. The number of rotatable bonds is 4. The first-order valence-corrected chi connectivity index (χ1v) is 9.21. The van der Waals surface area contributed by atoms with Crippen LogP contribution in [0.5, 0.6) is 0 Å². The Morgan fingerprint density at radius 2 is 1.77 bits per heavy atom. The van der Waals surface area contributed by atoms with Crippen LogP contribution in [0.1, 0.15) is 40.9 Å². The molecule has 1 aliphatic heterocycles. The summed E-state index contributed by atoms with van der Waals surface area (Å²) in [6.07, 6.45) is 4.28. The minimum Gasteiger partial charge on any atom is -0.346 e. The Morgan fingerprint density at radius 3 is 2.46 bits per heavy atom. The Labute approximate surface area is 152 Å². The number of carbonyl (C=O) groups excluding carboxylic acids is 1. The summed E-state index contributed by atoms with van der Waals surface area (Å²) in [5, 5.41) is 3.65. The Bertz CT molecular complexity index is 1060. The van der Waals surface area contributed by atoms with Gasteiger partial charge in [-0.15, -0.1) is 0 Å². The van der Waals surface area contributed by atoms with Gasteiger partial charge in [-0.3, -0.25) is 9.59 Å². The maximum absolute atomic E-state index is 13.0. The van der Waals surface area contributed by atoms with Crippen LogP contribution in [0.25, 0.3) is 10.9 Å². The fourth-order valence-corrected chi connectivity index (χ4v) is 3.90. The van der Waals surface area contributed by atoms with E-state index in [0.29, 0.717) is 5.39 Å². The van der Waals surface area contributed by atoms with E-state index in [-0.39, 0.29) is 16.9 Å². The van der Waals surface area contributed by atoms with Crippen molar-refractivity contribution in [2.45, 2.75) is 39.7 Å². The lowest BCUT2D eigenvalue weighted by Gasteiger charge is -2.15. The summed E-state index contributed by atoms with van der Waals surface area (Å²) in [6.45, 7) is 4.94. The molecule has 4 nitrogen and oxygen atoms in total. The van der Waals surface area contributed by atoms with Crippen LogP contribution < -0.4 is 10.7 Å². The second kappa shape index (κ2) is 6.45. The van der Waals surface area contributed by atoms with E-state index >= 15 is 0 Å². The first-order chi connectivity index (χ1) is 12.6. The first kappa shape index (κ1) is 16.6. The van der Waals surface area contributed by atoms with Crippen molar-refractivity contribution in [3.05, 3.63) is 75.1 Å². The normalized spacial score (nSPS) is 12.5. The standard InChI is InChI=1S/C22H22N2O2/c1-3-14-7-5-8-15(4-2)19(14)23-22(26)18-13-24-12-11-16-9-6-10-17(20(16)24)21(18)25/h5-10,13H,3-4,11-12H2,1-2H3,(H,23,26). The molecule has 0 aliphatic carbocycles. The van der Waals surface area contributed by atoms with Crippen LogP contribution in [-0.2, 0) is 25.8 Å². The van der Waals surface area contributed by atoms with Crippen LogP contribution in [-0.4, -0.2) is 10.5 Å². The van der Waals surface area contributed by atoms with Crippen LogP contribution in [0.4, 0.5) is 5.69 Å². The van der Waals surface area contributed by atoms with Crippen molar-refractivity contribution in [3.63, 3.8) is 0 Å². The van der Waals surface area contributed by atoms with E-state index in [4.69, 9.17) is 0 Å². The van der Waals surface area contributed by atoms with E-state index in [1.165, 1.54) is 5.56 Å². The Morgan fingerprint density at radius 1 is 1.08 bits per heavy atom. The second-order valence-electron chi connectivity index (χ2n) is 6.74. The van der Waals surface area contributed by atoms with Crippen LogP contribution >= 0.6 is 0 Å². The molecule has 0 radical (unpaired) electrons. The molecule has 2 aromatic carbocycles. The van der Waals surface area contributed by atoms with Crippen molar-refractivity contribution < 1.29 is 4.79 Å². The maximum atomic E-state index is 13.0. The molecule has 0 spiro atoms. The van der Waals surface area contributed by atoms with Gasteiger partial charge < -0.3 is 9.88 Å². The molecule has 0 saturated carbocycles. The quantitative estimate of drug-likeness (QED) is 0.778. The molecule has 2 heterocycles. The average molecular weight is 346 g/mol. The first-order valence-electron chi connectivity index (χ1n) is 9.21. The van der Waals surface area contributed by atoms with Gasteiger partial charge in [0.05, 0.1) is 5.52 Å². The van der Waals surface area contributed by atoms with Crippen LogP contribution in [0.2, 0.25) is 0 Å². The minimum absolute atomic E-state index is 0.190. The smallest absolute Gasteiger partial charge is 0.261 e. The third-order valence-corrected chi connectivity index (χ3v) is 5.29. The monoisotopic (exact) mass is 346 g/mol. The lowest BCUT2D eigenvalue weighted by Crippen LogP contribution is -2.24. The van der Waals surface area contributed by atoms with Crippen molar-refractivity contribution in [1.29, 1.82) is 0 Å². The molecule has 0 unspecified atom stereocenters. The summed E-state index contributed by atoms with van der Waals surface area (Å²) >= 11 is 0. The highest BCUT2D eigenvalue weighted by Crippen LogP contribution is 2.26. The van der Waals surface area contributed by atoms with Gasteiger partial charge in [0.15, 0.2) is 0 Å². The number of aryl methyl sites for hydroxylation is 4. The average Bonchev–Trinajstić information content (AvgIpc) is 3.08. The van der Waals surface area contributed by atoms with Crippen LogP contribution in [0.15, 0.2) is 47.4 Å². The molecule has 1 N–H and O–H groups in total. The number of nitrogens with one attached hydrogen (secondary N) is 1. The second-order valence-corrected chi connectivity index (χ2v) is 6.74. The van der Waals surface area contributed by atoms with Gasteiger partial charge in [-0.2, -0.15) is 0 Å². The zero-order valence-electron chi connectivity index (χ0n) is 15.1. The molecule has 1 aliphatic rings. The number of hydrogen-bond donors (Lipinski definition) is 1. The number of anilines is 1. The highest BCUT2D eigenvalue weighted by atomic mass is 16.2. The van der Waals surface area contributed by atoms with Gasteiger partial charge in [0.2, 0.25) is 5.43 Å². The number of nitrogens with zero attached hydrogens (tertiary/aromatic N) is 1. The molecule has 0 fully saturated rings.